The summed E-state index contributed by atoms with van der Waals surface area (Å²) in [5, 5.41) is 8.30. The van der Waals surface area contributed by atoms with Gasteiger partial charge in [0.2, 0.25) is 0 Å². The van der Waals surface area contributed by atoms with Gasteiger partial charge in [0.25, 0.3) is 5.91 Å². The Morgan fingerprint density at radius 1 is 1.07 bits per heavy atom. The van der Waals surface area contributed by atoms with Crippen molar-refractivity contribution in [2.45, 2.75) is 32.2 Å². The first kappa shape index (κ1) is 19.2. The molecule has 3 heterocycles. The molecule has 0 radical (unpaired) electrons. The summed E-state index contributed by atoms with van der Waals surface area (Å²) in [5.74, 6) is 1.48. The first-order valence-corrected chi connectivity index (χ1v) is 10.2. The van der Waals surface area contributed by atoms with Gasteiger partial charge in [-0.2, -0.15) is 5.10 Å². The zero-order valence-electron chi connectivity index (χ0n) is 16.5. The molecule has 1 N–H and O–H groups in total. The van der Waals surface area contributed by atoms with Crippen LogP contribution >= 0.6 is 0 Å². The lowest BCUT2D eigenvalue weighted by molar-refractivity contribution is -0.123. The van der Waals surface area contributed by atoms with Crippen molar-refractivity contribution in [2.75, 3.05) is 31.1 Å². The lowest BCUT2D eigenvalue weighted by atomic mass is 10.2. The molecule has 152 valence electrons. The monoisotopic (exact) mass is 394 g/mol. The molecule has 0 saturated carbocycles. The molecule has 0 aliphatic carbocycles. The van der Waals surface area contributed by atoms with Gasteiger partial charge in [0.1, 0.15) is 17.9 Å². The van der Waals surface area contributed by atoms with Crippen molar-refractivity contribution in [3.8, 4) is 5.75 Å². The first-order valence-electron chi connectivity index (χ1n) is 10.2. The van der Waals surface area contributed by atoms with Gasteiger partial charge in [-0.3, -0.25) is 4.79 Å². The molecule has 0 bridgehead atoms. The number of anilines is 1. The van der Waals surface area contributed by atoms with E-state index in [2.05, 4.69) is 25.3 Å². The predicted molar refractivity (Wildman–Crippen MR) is 111 cm³/mol. The highest BCUT2D eigenvalue weighted by Gasteiger charge is 2.17. The van der Waals surface area contributed by atoms with Crippen molar-refractivity contribution in [3.05, 3.63) is 42.9 Å². The zero-order valence-corrected chi connectivity index (χ0v) is 16.5. The number of nitrogens with zero attached hydrogens (tertiary/aromatic N) is 5. The van der Waals surface area contributed by atoms with Crippen LogP contribution in [0.1, 0.15) is 25.7 Å². The van der Waals surface area contributed by atoms with E-state index >= 15 is 0 Å². The summed E-state index contributed by atoms with van der Waals surface area (Å²) in [6.07, 6.45) is 8.37. The number of rotatable bonds is 7. The molecule has 4 rings (SSSR count). The highest BCUT2D eigenvalue weighted by molar-refractivity contribution is 5.86. The van der Waals surface area contributed by atoms with E-state index in [-0.39, 0.29) is 12.5 Å². The summed E-state index contributed by atoms with van der Waals surface area (Å²) < 4.78 is 7.27. The van der Waals surface area contributed by atoms with Crippen LogP contribution in [0, 0.1) is 0 Å². The maximum Gasteiger partial charge on any atom is 0.258 e. The molecule has 8 heteroatoms. The van der Waals surface area contributed by atoms with Gasteiger partial charge in [0, 0.05) is 19.6 Å². The standard InChI is InChI=1S/C21H26N6O2/c28-19(15-29-17-8-4-3-5-9-17)22-10-13-27-21-18(14-25-27)20(23-16-24-21)26-11-6-1-2-7-12-26/h3-5,8-9,14,16H,1-2,6-7,10-13,15H2,(H,22,28). The Hall–Kier alpha value is -3.16. The van der Waals surface area contributed by atoms with Crippen LogP contribution in [0.2, 0.25) is 0 Å². The third-order valence-electron chi connectivity index (χ3n) is 5.08. The van der Waals surface area contributed by atoms with Gasteiger partial charge >= 0.3 is 0 Å². The number of ether oxygens (including phenoxy) is 1. The normalized spacial score (nSPS) is 14.6. The molecule has 1 amide bonds. The van der Waals surface area contributed by atoms with E-state index in [1.54, 1.807) is 6.33 Å². The molecule has 1 saturated heterocycles. The molecule has 0 unspecified atom stereocenters. The fourth-order valence-electron chi connectivity index (χ4n) is 3.60. The second kappa shape index (κ2) is 9.36. The molecule has 0 spiro atoms. The van der Waals surface area contributed by atoms with Gasteiger partial charge in [-0.25, -0.2) is 14.6 Å². The van der Waals surface area contributed by atoms with Crippen LogP contribution in [0.25, 0.3) is 11.0 Å². The minimum atomic E-state index is -0.162. The summed E-state index contributed by atoms with van der Waals surface area (Å²) >= 11 is 0. The third-order valence-corrected chi connectivity index (χ3v) is 5.08. The Labute approximate surface area is 169 Å². The van der Waals surface area contributed by atoms with Crippen LogP contribution < -0.4 is 15.0 Å². The number of carbonyl (C=O) groups excluding carboxylic acids is 1. The van der Waals surface area contributed by atoms with E-state index < -0.39 is 0 Å². The minimum Gasteiger partial charge on any atom is -0.484 e. The molecule has 1 aliphatic heterocycles. The molecular formula is C21H26N6O2. The largest absolute Gasteiger partial charge is 0.484 e. The van der Waals surface area contributed by atoms with Crippen molar-refractivity contribution in [3.63, 3.8) is 0 Å². The zero-order chi connectivity index (χ0) is 19.9. The van der Waals surface area contributed by atoms with Gasteiger partial charge in [0.15, 0.2) is 12.3 Å². The molecule has 0 atom stereocenters. The van der Waals surface area contributed by atoms with Crippen LogP contribution in [0.5, 0.6) is 5.75 Å². The third kappa shape index (κ3) is 4.82. The molecule has 1 aliphatic rings. The second-order valence-corrected chi connectivity index (χ2v) is 7.16. The highest BCUT2D eigenvalue weighted by atomic mass is 16.5. The minimum absolute atomic E-state index is 0.00878. The Bertz CT molecular complexity index is 935. The number of hydrogen-bond acceptors (Lipinski definition) is 6. The Kier molecular flexibility index (Phi) is 6.19. The van der Waals surface area contributed by atoms with Gasteiger partial charge in [0.05, 0.1) is 18.1 Å². The van der Waals surface area contributed by atoms with Crippen LogP contribution in [0.3, 0.4) is 0 Å². The maximum atomic E-state index is 12.0. The van der Waals surface area contributed by atoms with Crippen LogP contribution in [-0.4, -0.2) is 51.9 Å². The number of nitrogens with one attached hydrogen (secondary N) is 1. The Morgan fingerprint density at radius 2 is 1.86 bits per heavy atom. The van der Waals surface area contributed by atoms with E-state index in [0.29, 0.717) is 18.8 Å². The number of amides is 1. The number of aromatic nitrogens is 4. The Morgan fingerprint density at radius 3 is 2.66 bits per heavy atom. The average molecular weight is 394 g/mol. The van der Waals surface area contributed by atoms with Gasteiger partial charge in [-0.1, -0.05) is 31.0 Å². The van der Waals surface area contributed by atoms with Crippen LogP contribution in [0.4, 0.5) is 5.82 Å². The summed E-state index contributed by atoms with van der Waals surface area (Å²) in [4.78, 5) is 23.3. The van der Waals surface area contributed by atoms with E-state index in [0.717, 1.165) is 29.9 Å². The molecule has 1 fully saturated rings. The number of para-hydroxylation sites is 1. The van der Waals surface area contributed by atoms with Crippen molar-refractivity contribution >= 4 is 22.8 Å². The molecule has 29 heavy (non-hydrogen) atoms. The number of hydrogen-bond donors (Lipinski definition) is 1. The maximum absolute atomic E-state index is 12.0. The summed E-state index contributed by atoms with van der Waals surface area (Å²) in [6, 6.07) is 9.30. The van der Waals surface area contributed by atoms with Crippen LogP contribution in [0.15, 0.2) is 42.9 Å². The quantitative estimate of drug-likeness (QED) is 0.662. The second-order valence-electron chi connectivity index (χ2n) is 7.16. The Balaban J connectivity index is 1.34. The van der Waals surface area contributed by atoms with Gasteiger partial charge in [-0.05, 0) is 25.0 Å². The van der Waals surface area contributed by atoms with E-state index in [1.807, 2.05) is 41.2 Å². The van der Waals surface area contributed by atoms with Gasteiger partial charge in [-0.15, -0.1) is 0 Å². The van der Waals surface area contributed by atoms with Crippen molar-refractivity contribution < 1.29 is 9.53 Å². The number of fused-ring (bicyclic) bond motifs is 1. The smallest absolute Gasteiger partial charge is 0.258 e. The topological polar surface area (TPSA) is 85.2 Å². The molecule has 2 aromatic heterocycles. The predicted octanol–water partition coefficient (Wildman–Crippen LogP) is 2.40. The fraction of sp³-hybridized carbons (Fsp3) is 0.429. The van der Waals surface area contributed by atoms with E-state index in [1.165, 1.54) is 25.7 Å². The van der Waals surface area contributed by atoms with Crippen LogP contribution in [-0.2, 0) is 11.3 Å². The van der Waals surface area contributed by atoms with Crippen molar-refractivity contribution in [1.29, 1.82) is 0 Å². The summed E-state index contributed by atoms with van der Waals surface area (Å²) in [5.41, 5.74) is 0.800. The van der Waals surface area contributed by atoms with E-state index in [9.17, 15) is 4.79 Å². The molecular weight excluding hydrogens is 368 g/mol. The fourth-order valence-corrected chi connectivity index (χ4v) is 3.60. The summed E-state index contributed by atoms with van der Waals surface area (Å²) in [6.45, 7) is 3.03. The first-order chi connectivity index (χ1) is 14.3. The lowest BCUT2D eigenvalue weighted by Gasteiger charge is -2.21. The summed E-state index contributed by atoms with van der Waals surface area (Å²) in [7, 11) is 0. The lowest BCUT2D eigenvalue weighted by Crippen LogP contribution is -2.31. The van der Waals surface area contributed by atoms with Gasteiger partial charge < -0.3 is 15.0 Å². The SMILES string of the molecule is O=C(COc1ccccc1)NCCn1ncc2c(N3CCCCCC3)ncnc21. The van der Waals surface area contributed by atoms with Crippen molar-refractivity contribution in [2.24, 2.45) is 0 Å². The number of carbonyl (C=O) groups is 1. The number of benzene rings is 1. The molecule has 1 aromatic carbocycles. The average Bonchev–Trinajstić information content (AvgIpc) is 2.98. The molecule has 3 aromatic rings. The van der Waals surface area contributed by atoms with E-state index in [4.69, 9.17) is 4.74 Å². The molecule has 8 nitrogen and oxygen atoms in total. The van der Waals surface area contributed by atoms with Crippen molar-refractivity contribution in [1.82, 2.24) is 25.1 Å². The highest BCUT2D eigenvalue weighted by Crippen LogP contribution is 2.25.